The van der Waals surface area contributed by atoms with E-state index in [4.69, 9.17) is 0 Å². The smallest absolute Gasteiger partial charge is 0.141 e. The Morgan fingerprint density at radius 2 is 2.00 bits per heavy atom. The molecule has 0 aliphatic heterocycles. The number of hydrogen-bond acceptors (Lipinski definition) is 2. The minimum Gasteiger partial charge on any atom is -0.363 e. The van der Waals surface area contributed by atoms with Crippen LogP contribution in [0.4, 0.5) is 5.82 Å². The summed E-state index contributed by atoms with van der Waals surface area (Å²) in [5.74, 6) is 0.877. The number of aromatic nitrogens is 1. The van der Waals surface area contributed by atoms with Crippen LogP contribution in [0.25, 0.3) is 0 Å². The quantitative estimate of drug-likeness (QED) is 0.815. The molecule has 2 rings (SSSR count). The molecule has 18 heavy (non-hydrogen) atoms. The van der Waals surface area contributed by atoms with Crippen LogP contribution < -0.4 is 5.32 Å². The van der Waals surface area contributed by atoms with Gasteiger partial charge in [0.2, 0.25) is 0 Å². The molecule has 1 heterocycles. The molecule has 0 bridgehead atoms. The standard InChI is InChI=1S/C14H14Br2N2/c1-9-6-7-17-14(13(9)16)18-10(2)11-4-3-5-12(15)8-11/h3-8,10H,1-2H3,(H,17,18). The van der Waals surface area contributed by atoms with E-state index in [-0.39, 0.29) is 6.04 Å². The van der Waals surface area contributed by atoms with Crippen LogP contribution in [0.1, 0.15) is 24.1 Å². The zero-order chi connectivity index (χ0) is 13.1. The predicted octanol–water partition coefficient (Wildman–Crippen LogP) is 5.09. The maximum absolute atomic E-state index is 4.36. The van der Waals surface area contributed by atoms with Crippen LogP contribution >= 0.6 is 31.9 Å². The van der Waals surface area contributed by atoms with E-state index in [1.807, 2.05) is 24.4 Å². The fourth-order valence-corrected chi connectivity index (χ4v) is 2.47. The minimum absolute atomic E-state index is 0.202. The highest BCUT2D eigenvalue weighted by Gasteiger charge is 2.09. The second-order valence-electron chi connectivity index (χ2n) is 4.21. The van der Waals surface area contributed by atoms with E-state index in [0.717, 1.165) is 14.8 Å². The number of halogens is 2. The molecule has 1 atom stereocenters. The van der Waals surface area contributed by atoms with Crippen molar-refractivity contribution in [2.24, 2.45) is 0 Å². The molecule has 0 fully saturated rings. The highest BCUT2D eigenvalue weighted by molar-refractivity contribution is 9.11. The van der Waals surface area contributed by atoms with Crippen LogP contribution in [-0.4, -0.2) is 4.98 Å². The van der Waals surface area contributed by atoms with Crippen molar-refractivity contribution in [1.82, 2.24) is 4.98 Å². The molecular weight excluding hydrogens is 356 g/mol. The second kappa shape index (κ2) is 5.85. The van der Waals surface area contributed by atoms with E-state index in [1.54, 1.807) is 0 Å². The molecule has 0 aliphatic rings. The fraction of sp³-hybridized carbons (Fsp3) is 0.214. The summed E-state index contributed by atoms with van der Waals surface area (Å²) in [7, 11) is 0. The van der Waals surface area contributed by atoms with Crippen molar-refractivity contribution in [2.75, 3.05) is 5.32 Å². The normalized spacial score (nSPS) is 12.2. The lowest BCUT2D eigenvalue weighted by Gasteiger charge is -2.17. The first kappa shape index (κ1) is 13.6. The number of aryl methyl sites for hydroxylation is 1. The number of benzene rings is 1. The van der Waals surface area contributed by atoms with Crippen LogP contribution in [0, 0.1) is 6.92 Å². The Morgan fingerprint density at radius 3 is 2.72 bits per heavy atom. The third kappa shape index (κ3) is 3.12. The van der Waals surface area contributed by atoms with Crippen molar-refractivity contribution in [3.63, 3.8) is 0 Å². The van der Waals surface area contributed by atoms with Gasteiger partial charge in [-0.3, -0.25) is 0 Å². The molecule has 1 N–H and O–H groups in total. The van der Waals surface area contributed by atoms with Gasteiger partial charge in [0.15, 0.2) is 0 Å². The molecule has 0 radical (unpaired) electrons. The lowest BCUT2D eigenvalue weighted by atomic mass is 10.1. The Kier molecular flexibility index (Phi) is 4.40. The van der Waals surface area contributed by atoms with Crippen LogP contribution in [0.2, 0.25) is 0 Å². The monoisotopic (exact) mass is 368 g/mol. The Hall–Kier alpha value is -0.870. The second-order valence-corrected chi connectivity index (χ2v) is 5.92. The van der Waals surface area contributed by atoms with E-state index >= 15 is 0 Å². The molecule has 0 saturated carbocycles. The molecule has 1 aromatic carbocycles. The maximum atomic E-state index is 4.36. The van der Waals surface area contributed by atoms with Crippen LogP contribution in [0.5, 0.6) is 0 Å². The SMILES string of the molecule is Cc1ccnc(NC(C)c2cccc(Br)c2)c1Br. The van der Waals surface area contributed by atoms with E-state index in [2.05, 4.69) is 68.1 Å². The van der Waals surface area contributed by atoms with Gasteiger partial charge in [-0.05, 0) is 59.1 Å². The largest absolute Gasteiger partial charge is 0.363 e. The van der Waals surface area contributed by atoms with Gasteiger partial charge in [-0.1, -0.05) is 28.1 Å². The van der Waals surface area contributed by atoms with Gasteiger partial charge in [0, 0.05) is 10.7 Å². The van der Waals surface area contributed by atoms with Gasteiger partial charge in [-0.15, -0.1) is 0 Å². The number of nitrogens with zero attached hydrogens (tertiary/aromatic N) is 1. The zero-order valence-electron chi connectivity index (χ0n) is 10.2. The van der Waals surface area contributed by atoms with Gasteiger partial charge < -0.3 is 5.32 Å². The van der Waals surface area contributed by atoms with Crippen LogP contribution in [-0.2, 0) is 0 Å². The zero-order valence-corrected chi connectivity index (χ0v) is 13.4. The van der Waals surface area contributed by atoms with Gasteiger partial charge in [-0.2, -0.15) is 0 Å². The van der Waals surface area contributed by atoms with Crippen molar-refractivity contribution in [1.29, 1.82) is 0 Å². The minimum atomic E-state index is 0.202. The van der Waals surface area contributed by atoms with Crippen LogP contribution in [0.3, 0.4) is 0 Å². The average molecular weight is 370 g/mol. The molecule has 4 heteroatoms. The Morgan fingerprint density at radius 1 is 1.22 bits per heavy atom. The molecule has 2 nitrogen and oxygen atoms in total. The van der Waals surface area contributed by atoms with E-state index in [1.165, 1.54) is 11.1 Å². The number of nitrogens with one attached hydrogen (secondary N) is 1. The molecule has 0 aliphatic carbocycles. The predicted molar refractivity (Wildman–Crippen MR) is 82.9 cm³/mol. The van der Waals surface area contributed by atoms with Crippen molar-refractivity contribution < 1.29 is 0 Å². The van der Waals surface area contributed by atoms with Gasteiger partial charge >= 0.3 is 0 Å². The summed E-state index contributed by atoms with van der Waals surface area (Å²) in [5, 5.41) is 3.42. The molecular formula is C14H14Br2N2. The van der Waals surface area contributed by atoms with Crippen molar-refractivity contribution >= 4 is 37.7 Å². The first-order valence-corrected chi connectivity index (χ1v) is 7.29. The fourth-order valence-electron chi connectivity index (χ4n) is 1.71. The third-order valence-electron chi connectivity index (χ3n) is 2.78. The topological polar surface area (TPSA) is 24.9 Å². The van der Waals surface area contributed by atoms with Crippen molar-refractivity contribution in [3.8, 4) is 0 Å². The number of pyridine rings is 1. The highest BCUT2D eigenvalue weighted by Crippen LogP contribution is 2.27. The Balaban J connectivity index is 2.21. The van der Waals surface area contributed by atoms with Crippen LogP contribution in [0.15, 0.2) is 45.5 Å². The number of rotatable bonds is 3. The van der Waals surface area contributed by atoms with E-state index in [0.29, 0.717) is 0 Å². The first-order chi connectivity index (χ1) is 8.58. The summed E-state index contributed by atoms with van der Waals surface area (Å²) < 4.78 is 2.11. The van der Waals surface area contributed by atoms with Crippen molar-refractivity contribution in [3.05, 3.63) is 56.6 Å². The third-order valence-corrected chi connectivity index (χ3v) is 4.28. The molecule has 1 unspecified atom stereocenters. The van der Waals surface area contributed by atoms with Gasteiger partial charge in [0.1, 0.15) is 5.82 Å². The molecule has 2 aromatic rings. The van der Waals surface area contributed by atoms with Gasteiger partial charge in [0.25, 0.3) is 0 Å². The molecule has 1 aromatic heterocycles. The Bertz CT molecular complexity index is 555. The average Bonchev–Trinajstić information content (AvgIpc) is 2.35. The summed E-state index contributed by atoms with van der Waals surface area (Å²) in [4.78, 5) is 4.36. The maximum Gasteiger partial charge on any atom is 0.141 e. The summed E-state index contributed by atoms with van der Waals surface area (Å²) in [6, 6.07) is 10.5. The Labute approximate surface area is 124 Å². The van der Waals surface area contributed by atoms with Crippen molar-refractivity contribution in [2.45, 2.75) is 19.9 Å². The summed E-state index contributed by atoms with van der Waals surface area (Å²) in [6.45, 7) is 4.18. The summed E-state index contributed by atoms with van der Waals surface area (Å²) >= 11 is 7.05. The molecule has 0 amide bonds. The molecule has 94 valence electrons. The van der Waals surface area contributed by atoms with Gasteiger partial charge in [-0.25, -0.2) is 4.98 Å². The number of hydrogen-bond donors (Lipinski definition) is 1. The van der Waals surface area contributed by atoms with E-state index in [9.17, 15) is 0 Å². The first-order valence-electron chi connectivity index (χ1n) is 5.71. The lowest BCUT2D eigenvalue weighted by molar-refractivity contribution is 0.871. The summed E-state index contributed by atoms with van der Waals surface area (Å²) in [5.41, 5.74) is 2.40. The molecule has 0 saturated heterocycles. The highest BCUT2D eigenvalue weighted by atomic mass is 79.9. The number of anilines is 1. The van der Waals surface area contributed by atoms with Gasteiger partial charge in [0.05, 0.1) is 10.5 Å². The van der Waals surface area contributed by atoms with E-state index < -0.39 is 0 Å². The lowest BCUT2D eigenvalue weighted by Crippen LogP contribution is -2.08. The summed E-state index contributed by atoms with van der Waals surface area (Å²) in [6.07, 6.45) is 1.82. The molecule has 0 spiro atoms.